The molecule has 2 amide bonds. The minimum atomic E-state index is -1.13. The monoisotopic (exact) mass is 458 g/mol. The highest BCUT2D eigenvalue weighted by Crippen LogP contribution is 2.44. The number of aliphatic carboxylic acids is 1. The van der Waals surface area contributed by atoms with Gasteiger partial charge in [0.25, 0.3) is 0 Å². The van der Waals surface area contributed by atoms with Crippen LogP contribution in [0.1, 0.15) is 35.4 Å². The molecule has 3 aromatic carbocycles. The molecule has 0 saturated heterocycles. The Kier molecular flexibility index (Phi) is 6.92. The van der Waals surface area contributed by atoms with Crippen LogP contribution >= 0.6 is 0 Å². The van der Waals surface area contributed by atoms with Crippen molar-refractivity contribution in [2.45, 2.75) is 24.8 Å². The molecule has 0 bridgehead atoms. The van der Waals surface area contributed by atoms with Crippen LogP contribution in [-0.4, -0.2) is 42.3 Å². The Morgan fingerprint density at radius 3 is 2.03 bits per heavy atom. The van der Waals surface area contributed by atoms with Crippen LogP contribution in [0.25, 0.3) is 11.1 Å². The van der Waals surface area contributed by atoms with Crippen LogP contribution in [0.4, 0.5) is 4.79 Å². The summed E-state index contributed by atoms with van der Waals surface area (Å²) in [6.45, 7) is 1.53. The second-order valence-corrected chi connectivity index (χ2v) is 8.24. The molecule has 0 heterocycles. The largest absolute Gasteiger partial charge is 0.480 e. The lowest BCUT2D eigenvalue weighted by molar-refractivity contribution is -0.141. The second kappa shape index (κ2) is 10.2. The quantitative estimate of drug-likeness (QED) is 0.475. The number of benzene rings is 3. The van der Waals surface area contributed by atoms with E-state index < -0.39 is 29.9 Å². The number of alkyl carbamates (subject to hydrolysis) is 1. The Morgan fingerprint density at radius 2 is 1.44 bits per heavy atom. The Morgan fingerprint density at radius 1 is 0.882 bits per heavy atom. The van der Waals surface area contributed by atoms with Crippen molar-refractivity contribution in [3.05, 3.63) is 95.6 Å². The molecule has 4 rings (SSSR count). The van der Waals surface area contributed by atoms with Gasteiger partial charge in [-0.15, -0.1) is 0 Å². The van der Waals surface area contributed by atoms with E-state index in [0.29, 0.717) is 5.56 Å². The molecule has 0 aliphatic heterocycles. The van der Waals surface area contributed by atoms with Crippen molar-refractivity contribution in [1.82, 2.24) is 10.6 Å². The Labute approximate surface area is 197 Å². The van der Waals surface area contributed by atoms with Crippen LogP contribution in [-0.2, 0) is 14.3 Å². The minimum Gasteiger partial charge on any atom is -0.480 e. The van der Waals surface area contributed by atoms with Gasteiger partial charge >= 0.3 is 12.1 Å². The van der Waals surface area contributed by atoms with Crippen molar-refractivity contribution in [3.63, 3.8) is 0 Å². The third-order valence-electron chi connectivity index (χ3n) is 6.04. The number of carboxylic acid groups (broad SMARTS) is 1. The van der Waals surface area contributed by atoms with E-state index >= 15 is 0 Å². The summed E-state index contributed by atoms with van der Waals surface area (Å²) in [4.78, 5) is 36.4. The van der Waals surface area contributed by atoms with Gasteiger partial charge in [0.05, 0.1) is 5.92 Å². The molecule has 7 heteroatoms. The van der Waals surface area contributed by atoms with Gasteiger partial charge in [-0.25, -0.2) is 4.79 Å². The molecule has 34 heavy (non-hydrogen) atoms. The van der Waals surface area contributed by atoms with Crippen LogP contribution in [0, 0.1) is 0 Å². The van der Waals surface area contributed by atoms with Gasteiger partial charge in [-0.3, -0.25) is 9.59 Å². The predicted molar refractivity (Wildman–Crippen MR) is 127 cm³/mol. The first-order chi connectivity index (χ1) is 16.5. The molecule has 0 radical (unpaired) electrons. The van der Waals surface area contributed by atoms with Gasteiger partial charge in [-0.1, -0.05) is 78.9 Å². The summed E-state index contributed by atoms with van der Waals surface area (Å²) in [6.07, 6.45) is -0.637. The maximum Gasteiger partial charge on any atom is 0.407 e. The van der Waals surface area contributed by atoms with Crippen molar-refractivity contribution >= 4 is 18.0 Å². The zero-order valence-electron chi connectivity index (χ0n) is 18.7. The normalized spacial score (nSPS) is 13.8. The summed E-state index contributed by atoms with van der Waals surface area (Å²) < 4.78 is 5.55. The molecule has 1 aliphatic carbocycles. The number of carbonyl (C=O) groups excluding carboxylic acids is 2. The fourth-order valence-corrected chi connectivity index (χ4v) is 4.26. The molecule has 1 aliphatic rings. The predicted octanol–water partition coefficient (Wildman–Crippen LogP) is 3.90. The SMILES string of the molecule is C[C@@H](NC(=O)C(CNC(=O)OCC1c2ccccc2-c2ccccc21)c1ccccc1)C(=O)O. The fraction of sp³-hybridized carbons (Fsp3) is 0.222. The van der Waals surface area contributed by atoms with Gasteiger partial charge in [0, 0.05) is 12.5 Å². The van der Waals surface area contributed by atoms with E-state index in [-0.39, 0.29) is 19.1 Å². The lowest BCUT2D eigenvalue weighted by atomic mass is 9.97. The van der Waals surface area contributed by atoms with Crippen LogP contribution in [0.5, 0.6) is 0 Å². The fourth-order valence-electron chi connectivity index (χ4n) is 4.26. The average Bonchev–Trinajstić information content (AvgIpc) is 3.17. The molecule has 1 unspecified atom stereocenters. The number of ether oxygens (including phenoxy) is 1. The van der Waals surface area contributed by atoms with Gasteiger partial charge in [0.1, 0.15) is 12.6 Å². The second-order valence-electron chi connectivity index (χ2n) is 8.24. The number of fused-ring (bicyclic) bond motifs is 3. The lowest BCUT2D eigenvalue weighted by Crippen LogP contribution is -2.44. The number of carbonyl (C=O) groups is 3. The van der Waals surface area contributed by atoms with Crippen LogP contribution in [0.3, 0.4) is 0 Å². The molecule has 0 aromatic heterocycles. The summed E-state index contributed by atoms with van der Waals surface area (Å²) in [6, 6.07) is 24.0. The Hall–Kier alpha value is -4.13. The molecular formula is C27H26N2O5. The van der Waals surface area contributed by atoms with E-state index in [0.717, 1.165) is 22.3 Å². The van der Waals surface area contributed by atoms with Gasteiger partial charge < -0.3 is 20.5 Å². The third kappa shape index (κ3) is 4.93. The van der Waals surface area contributed by atoms with E-state index in [4.69, 9.17) is 9.84 Å². The first-order valence-corrected chi connectivity index (χ1v) is 11.1. The highest BCUT2D eigenvalue weighted by molar-refractivity contribution is 5.88. The van der Waals surface area contributed by atoms with Crippen LogP contribution in [0.2, 0.25) is 0 Å². The molecule has 0 spiro atoms. The Bertz CT molecular complexity index is 1150. The van der Waals surface area contributed by atoms with E-state index in [9.17, 15) is 14.4 Å². The number of amides is 2. The Balaban J connectivity index is 1.41. The smallest absolute Gasteiger partial charge is 0.407 e. The van der Waals surface area contributed by atoms with Gasteiger partial charge in [-0.2, -0.15) is 0 Å². The molecule has 3 N–H and O–H groups in total. The number of nitrogens with one attached hydrogen (secondary N) is 2. The van der Waals surface area contributed by atoms with E-state index in [1.165, 1.54) is 6.92 Å². The van der Waals surface area contributed by atoms with Gasteiger partial charge in [0.15, 0.2) is 0 Å². The zero-order chi connectivity index (χ0) is 24.1. The molecule has 2 atom stereocenters. The zero-order valence-corrected chi connectivity index (χ0v) is 18.7. The summed E-state index contributed by atoms with van der Waals surface area (Å²) >= 11 is 0. The minimum absolute atomic E-state index is 0.0289. The summed E-state index contributed by atoms with van der Waals surface area (Å²) in [5.41, 5.74) is 5.17. The van der Waals surface area contributed by atoms with E-state index in [1.807, 2.05) is 42.5 Å². The maximum absolute atomic E-state index is 12.7. The first kappa shape index (κ1) is 23.0. The van der Waals surface area contributed by atoms with E-state index in [1.54, 1.807) is 24.3 Å². The summed E-state index contributed by atoms with van der Waals surface area (Å²) in [5, 5.41) is 14.2. The standard InChI is InChI=1S/C27H26N2O5/c1-17(26(31)32)29-25(30)23(18-9-3-2-4-10-18)15-28-27(33)34-16-24-21-13-7-5-11-19(21)20-12-6-8-14-22(20)24/h2-14,17,23-24H,15-16H2,1H3,(H,28,33)(H,29,30)(H,31,32)/t17-,23?/m1/s1. The lowest BCUT2D eigenvalue weighted by Gasteiger charge is -2.20. The first-order valence-electron chi connectivity index (χ1n) is 11.1. The number of hydrogen-bond acceptors (Lipinski definition) is 4. The number of rotatable bonds is 8. The third-order valence-corrected chi connectivity index (χ3v) is 6.04. The maximum atomic E-state index is 12.7. The highest BCUT2D eigenvalue weighted by atomic mass is 16.5. The van der Waals surface area contributed by atoms with Crippen molar-refractivity contribution in [1.29, 1.82) is 0 Å². The molecule has 174 valence electrons. The van der Waals surface area contributed by atoms with Crippen LogP contribution < -0.4 is 10.6 Å². The van der Waals surface area contributed by atoms with Crippen molar-refractivity contribution in [3.8, 4) is 11.1 Å². The summed E-state index contributed by atoms with van der Waals surface area (Å²) in [7, 11) is 0. The topological polar surface area (TPSA) is 105 Å². The molecule has 0 saturated carbocycles. The van der Waals surface area contributed by atoms with Crippen molar-refractivity contribution < 1.29 is 24.2 Å². The van der Waals surface area contributed by atoms with Gasteiger partial charge in [-0.05, 0) is 34.7 Å². The van der Waals surface area contributed by atoms with Crippen molar-refractivity contribution in [2.24, 2.45) is 0 Å². The average molecular weight is 459 g/mol. The highest BCUT2D eigenvalue weighted by Gasteiger charge is 2.29. The van der Waals surface area contributed by atoms with Gasteiger partial charge in [0.2, 0.25) is 5.91 Å². The van der Waals surface area contributed by atoms with E-state index in [2.05, 4.69) is 22.8 Å². The number of carboxylic acids is 1. The van der Waals surface area contributed by atoms with Crippen molar-refractivity contribution in [2.75, 3.05) is 13.2 Å². The summed E-state index contributed by atoms with van der Waals surface area (Å²) in [5.74, 6) is -2.45. The number of hydrogen-bond donors (Lipinski definition) is 3. The van der Waals surface area contributed by atoms with Crippen LogP contribution in [0.15, 0.2) is 78.9 Å². The molecule has 0 fully saturated rings. The molecule has 7 nitrogen and oxygen atoms in total. The molecular weight excluding hydrogens is 432 g/mol. The molecule has 3 aromatic rings.